The summed E-state index contributed by atoms with van der Waals surface area (Å²) in [4.78, 5) is 46.7. The summed E-state index contributed by atoms with van der Waals surface area (Å²) in [6, 6.07) is 19.3. The van der Waals surface area contributed by atoms with E-state index in [1.54, 1.807) is 16.7 Å². The van der Waals surface area contributed by atoms with Gasteiger partial charge in [-0.15, -0.1) is 0 Å². The second-order valence-corrected chi connectivity index (χ2v) is 14.7. The first kappa shape index (κ1) is 36.4. The van der Waals surface area contributed by atoms with Crippen LogP contribution in [0.1, 0.15) is 86.3 Å². The summed E-state index contributed by atoms with van der Waals surface area (Å²) >= 11 is 0. The zero-order chi connectivity index (χ0) is 34.6. The molecule has 2 aromatic rings. The van der Waals surface area contributed by atoms with Crippen molar-refractivity contribution < 1.29 is 33.3 Å². The fourth-order valence-electron chi connectivity index (χ4n) is 6.86. The Kier molecular flexibility index (Phi) is 11.1. The summed E-state index contributed by atoms with van der Waals surface area (Å²) in [7, 11) is 0. The second-order valence-electron chi connectivity index (χ2n) is 14.7. The van der Waals surface area contributed by atoms with Gasteiger partial charge in [0.05, 0.1) is 36.9 Å². The largest absolute Gasteiger partial charge is 0.449 e. The Morgan fingerprint density at radius 2 is 1.19 bits per heavy atom. The summed E-state index contributed by atoms with van der Waals surface area (Å²) in [6.07, 6.45) is -1.84. The lowest BCUT2D eigenvalue weighted by molar-refractivity contribution is -0.134. The van der Waals surface area contributed by atoms with Gasteiger partial charge in [-0.25, -0.2) is 9.59 Å². The van der Waals surface area contributed by atoms with Crippen molar-refractivity contribution in [2.24, 2.45) is 0 Å². The summed E-state index contributed by atoms with van der Waals surface area (Å²) in [5.74, 6) is -0.216. The third-order valence-corrected chi connectivity index (χ3v) is 9.02. The number of rotatable bonds is 12. The van der Waals surface area contributed by atoms with Crippen LogP contribution in [0.5, 0.6) is 0 Å². The lowest BCUT2D eigenvalue weighted by Crippen LogP contribution is -2.56. The molecule has 0 aliphatic carbocycles. The van der Waals surface area contributed by atoms with E-state index in [1.165, 1.54) is 0 Å². The van der Waals surface area contributed by atoms with E-state index in [4.69, 9.17) is 18.9 Å². The fourth-order valence-corrected chi connectivity index (χ4v) is 6.86. The normalized spacial score (nSPS) is 20.6. The van der Waals surface area contributed by atoms with Crippen LogP contribution >= 0.6 is 0 Å². The first-order valence-corrected chi connectivity index (χ1v) is 16.6. The maximum atomic E-state index is 14.0. The first-order chi connectivity index (χ1) is 22.0. The second kappa shape index (κ2) is 14.3. The zero-order valence-electron chi connectivity index (χ0n) is 29.6. The summed E-state index contributed by atoms with van der Waals surface area (Å²) in [6.45, 7) is 18.5. The summed E-state index contributed by atoms with van der Waals surface area (Å²) in [5.41, 5.74) is -0.881. The Morgan fingerprint density at radius 1 is 0.745 bits per heavy atom. The minimum atomic E-state index is -1.13. The summed E-state index contributed by atoms with van der Waals surface area (Å²) in [5, 5.41) is 0. The molecular weight excluding hydrogens is 598 g/mol. The van der Waals surface area contributed by atoms with E-state index < -0.39 is 46.9 Å². The molecule has 2 atom stereocenters. The van der Waals surface area contributed by atoms with Crippen molar-refractivity contribution >= 4 is 18.0 Å². The van der Waals surface area contributed by atoms with E-state index in [9.17, 15) is 14.4 Å². The molecule has 2 aliphatic rings. The maximum absolute atomic E-state index is 14.0. The van der Waals surface area contributed by atoms with E-state index in [1.807, 2.05) is 116 Å². The van der Waals surface area contributed by atoms with Gasteiger partial charge >= 0.3 is 12.2 Å². The third-order valence-electron chi connectivity index (χ3n) is 9.02. The van der Waals surface area contributed by atoms with Gasteiger partial charge in [0.2, 0.25) is 0 Å². The van der Waals surface area contributed by atoms with Crippen LogP contribution in [-0.4, -0.2) is 87.2 Å². The van der Waals surface area contributed by atoms with Crippen LogP contribution in [0.4, 0.5) is 9.59 Å². The standard InChI is InChI=1S/C37H53N3O7/c1-10-30(41)31(47-33(43)40-35(4,5)26-46-37(40,8)9)29(21-22-44-32(42)39-34(2,3)25-45-36(39,6)7)38(23-27-17-13-11-14-18-27)24-28-19-15-12-16-20-28/h11-20,29,31H,10,21-26H2,1-9H3/t29-,31-/m0/s1. The van der Waals surface area contributed by atoms with Gasteiger partial charge in [0.1, 0.15) is 11.4 Å². The lowest BCUT2D eigenvalue weighted by Gasteiger charge is -2.40. The fraction of sp³-hybridized carbons (Fsp3) is 0.595. The molecular formula is C37H53N3O7. The van der Waals surface area contributed by atoms with Crippen LogP contribution in [0.15, 0.2) is 60.7 Å². The van der Waals surface area contributed by atoms with Crippen molar-refractivity contribution in [1.82, 2.24) is 14.7 Å². The molecule has 2 fully saturated rings. The van der Waals surface area contributed by atoms with Crippen molar-refractivity contribution in [3.63, 3.8) is 0 Å². The topological polar surface area (TPSA) is 97.9 Å². The minimum Gasteiger partial charge on any atom is -0.449 e. The van der Waals surface area contributed by atoms with E-state index in [2.05, 4.69) is 4.90 Å². The molecule has 2 amide bonds. The minimum absolute atomic E-state index is 0.00109. The Hall–Kier alpha value is -3.47. The zero-order valence-corrected chi connectivity index (χ0v) is 29.6. The van der Waals surface area contributed by atoms with E-state index in [-0.39, 0.29) is 25.2 Å². The van der Waals surface area contributed by atoms with Crippen LogP contribution in [-0.2, 0) is 36.8 Å². The number of amides is 2. The molecule has 0 spiro atoms. The van der Waals surface area contributed by atoms with Crippen molar-refractivity contribution in [2.45, 2.75) is 123 Å². The van der Waals surface area contributed by atoms with Gasteiger partial charge in [-0.2, -0.15) is 0 Å². The van der Waals surface area contributed by atoms with Crippen LogP contribution < -0.4 is 0 Å². The van der Waals surface area contributed by atoms with Gasteiger partial charge in [-0.05, 0) is 66.5 Å². The Bertz CT molecular complexity index is 1300. The predicted molar refractivity (Wildman–Crippen MR) is 179 cm³/mol. The molecule has 0 aromatic heterocycles. The average molecular weight is 652 g/mol. The molecule has 2 aromatic carbocycles. The Labute approximate surface area is 280 Å². The van der Waals surface area contributed by atoms with E-state index in [0.717, 1.165) is 11.1 Å². The van der Waals surface area contributed by atoms with Gasteiger partial charge < -0.3 is 18.9 Å². The first-order valence-electron chi connectivity index (χ1n) is 16.6. The highest BCUT2D eigenvalue weighted by molar-refractivity contribution is 5.86. The van der Waals surface area contributed by atoms with Gasteiger partial charge in [0, 0.05) is 25.9 Å². The molecule has 2 saturated heterocycles. The van der Waals surface area contributed by atoms with Crippen LogP contribution in [0.25, 0.3) is 0 Å². The van der Waals surface area contributed by atoms with Gasteiger partial charge in [0.25, 0.3) is 0 Å². The molecule has 0 unspecified atom stereocenters. The van der Waals surface area contributed by atoms with Crippen LogP contribution in [0.2, 0.25) is 0 Å². The lowest BCUT2D eigenvalue weighted by atomic mass is 9.98. The molecule has 0 N–H and O–H groups in total. The predicted octanol–water partition coefficient (Wildman–Crippen LogP) is 6.76. The number of benzene rings is 2. The number of hydrogen-bond acceptors (Lipinski definition) is 8. The molecule has 2 heterocycles. The average Bonchev–Trinajstić information content (AvgIpc) is 3.38. The molecule has 0 bridgehead atoms. The monoisotopic (exact) mass is 651 g/mol. The third kappa shape index (κ3) is 8.52. The molecule has 4 rings (SSSR count). The molecule has 10 nitrogen and oxygen atoms in total. The highest BCUT2D eigenvalue weighted by Crippen LogP contribution is 2.37. The smallest absolute Gasteiger partial charge is 0.413 e. The molecule has 47 heavy (non-hydrogen) atoms. The van der Waals surface area contributed by atoms with Crippen molar-refractivity contribution in [3.8, 4) is 0 Å². The number of carbonyl (C=O) groups is 3. The van der Waals surface area contributed by atoms with Crippen molar-refractivity contribution in [3.05, 3.63) is 71.8 Å². The highest BCUT2D eigenvalue weighted by atomic mass is 16.6. The summed E-state index contributed by atoms with van der Waals surface area (Å²) < 4.78 is 24.0. The molecule has 0 saturated carbocycles. The number of carbonyl (C=O) groups excluding carboxylic acids is 3. The van der Waals surface area contributed by atoms with Gasteiger partial charge in [0.15, 0.2) is 11.9 Å². The maximum Gasteiger partial charge on any atom is 0.413 e. The number of nitrogens with zero attached hydrogens (tertiary/aromatic N) is 3. The quantitative estimate of drug-likeness (QED) is 0.248. The van der Waals surface area contributed by atoms with Gasteiger partial charge in [-0.3, -0.25) is 19.5 Å². The Morgan fingerprint density at radius 3 is 1.60 bits per heavy atom. The van der Waals surface area contributed by atoms with Crippen molar-refractivity contribution in [1.29, 1.82) is 0 Å². The van der Waals surface area contributed by atoms with E-state index >= 15 is 0 Å². The molecule has 10 heteroatoms. The number of ketones is 1. The number of ether oxygens (including phenoxy) is 4. The molecule has 258 valence electrons. The van der Waals surface area contributed by atoms with E-state index in [0.29, 0.717) is 26.3 Å². The van der Waals surface area contributed by atoms with Crippen LogP contribution in [0, 0.1) is 0 Å². The Balaban J connectivity index is 1.69. The molecule has 0 radical (unpaired) electrons. The molecule has 2 aliphatic heterocycles. The number of hydrogen-bond donors (Lipinski definition) is 0. The SMILES string of the molecule is CCC(=O)[C@@H](OC(=O)N1C(C)(C)COC1(C)C)[C@H](CCOC(=O)N1C(C)(C)COC1(C)C)N(Cc1ccccc1)Cc1ccccc1. The highest BCUT2D eigenvalue weighted by Gasteiger charge is 2.52. The van der Waals surface area contributed by atoms with Crippen molar-refractivity contribution in [2.75, 3.05) is 19.8 Å². The van der Waals surface area contributed by atoms with Crippen LogP contribution in [0.3, 0.4) is 0 Å². The number of Topliss-reactive ketones (excluding diaryl/α,β-unsaturated/α-hetero) is 1. The van der Waals surface area contributed by atoms with Gasteiger partial charge in [-0.1, -0.05) is 67.6 Å².